The lowest BCUT2D eigenvalue weighted by Gasteiger charge is -2.33. The highest BCUT2D eigenvalue weighted by Crippen LogP contribution is 2.57. The van der Waals surface area contributed by atoms with Gasteiger partial charge in [0, 0.05) is 28.0 Å². The molecule has 2 unspecified atom stereocenters. The molecule has 0 bridgehead atoms. The van der Waals surface area contributed by atoms with Gasteiger partial charge in [0.25, 0.3) is 0 Å². The van der Waals surface area contributed by atoms with Crippen LogP contribution in [0.4, 0.5) is 17.1 Å². The summed E-state index contributed by atoms with van der Waals surface area (Å²) in [5.74, 6) is 0.981. The van der Waals surface area contributed by atoms with Gasteiger partial charge in [-0.25, -0.2) is 0 Å². The van der Waals surface area contributed by atoms with Crippen LogP contribution in [0.2, 0.25) is 0 Å². The molecule has 2 nitrogen and oxygen atoms in total. The quantitative estimate of drug-likeness (QED) is 0.175. The van der Waals surface area contributed by atoms with Crippen molar-refractivity contribution in [1.29, 1.82) is 0 Å². The van der Waals surface area contributed by atoms with Crippen molar-refractivity contribution >= 4 is 44.6 Å². The molecule has 0 fully saturated rings. The van der Waals surface area contributed by atoms with Gasteiger partial charge in [-0.3, -0.25) is 0 Å². The van der Waals surface area contributed by atoms with E-state index in [1.807, 2.05) is 0 Å². The summed E-state index contributed by atoms with van der Waals surface area (Å²) < 4.78 is 6.98. The fourth-order valence-corrected chi connectivity index (χ4v) is 8.57. The van der Waals surface area contributed by atoms with Crippen molar-refractivity contribution in [1.82, 2.24) is 0 Å². The van der Waals surface area contributed by atoms with Crippen LogP contribution in [0.5, 0.6) is 5.75 Å². The van der Waals surface area contributed by atoms with Crippen LogP contribution in [-0.2, 0) is 0 Å². The number of hydrogen-bond donors (Lipinski definition) is 0. The average Bonchev–Trinajstić information content (AvgIpc) is 3.61. The molecule has 0 aromatic heterocycles. The molecule has 1 heterocycles. The maximum absolute atomic E-state index is 6.98. The van der Waals surface area contributed by atoms with E-state index >= 15 is 0 Å². The molecule has 248 valence electrons. The summed E-state index contributed by atoms with van der Waals surface area (Å²) in [7, 11) is 0. The molecule has 2 atom stereocenters. The van der Waals surface area contributed by atoms with E-state index in [9.17, 15) is 0 Å². The topological polar surface area (TPSA) is 12.5 Å². The van der Waals surface area contributed by atoms with Gasteiger partial charge in [0.05, 0.1) is 17.1 Å². The van der Waals surface area contributed by atoms with Gasteiger partial charge in [0.2, 0.25) is 0 Å². The van der Waals surface area contributed by atoms with Crippen LogP contribution < -0.4 is 9.64 Å². The molecule has 0 N–H and O–H groups in total. The monoisotopic (exact) mass is 667 g/mol. The molecule has 1 aliphatic heterocycles. The van der Waals surface area contributed by atoms with E-state index in [0.29, 0.717) is 0 Å². The van der Waals surface area contributed by atoms with Crippen LogP contribution in [-0.4, -0.2) is 0 Å². The van der Waals surface area contributed by atoms with Gasteiger partial charge >= 0.3 is 0 Å². The van der Waals surface area contributed by atoms with Gasteiger partial charge in [-0.2, -0.15) is 0 Å². The SMILES string of the molecule is C1=C(c2ccccc2)CCC(c2ccccc2N(c2cccc3c2C2C=C(c4ccccc4)c4ccccc4C2O3)c2cccc3ccccc23)=C1. The molecular weight excluding hydrogens is 631 g/mol. The molecule has 52 heavy (non-hydrogen) atoms. The number of benzene rings is 7. The van der Waals surface area contributed by atoms with E-state index in [4.69, 9.17) is 4.74 Å². The third-order valence-electron chi connectivity index (χ3n) is 11.0. The molecule has 2 aliphatic carbocycles. The van der Waals surface area contributed by atoms with Gasteiger partial charge in [0.15, 0.2) is 0 Å². The van der Waals surface area contributed by atoms with Crippen LogP contribution in [0, 0.1) is 0 Å². The highest BCUT2D eigenvalue weighted by molar-refractivity contribution is 6.01. The molecule has 3 aliphatic rings. The summed E-state index contributed by atoms with van der Waals surface area (Å²) in [6, 6.07) is 61.3. The van der Waals surface area contributed by atoms with Crippen LogP contribution in [0.3, 0.4) is 0 Å². The van der Waals surface area contributed by atoms with E-state index in [1.165, 1.54) is 66.6 Å². The van der Waals surface area contributed by atoms with Crippen LogP contribution in [0.25, 0.3) is 27.5 Å². The van der Waals surface area contributed by atoms with Gasteiger partial charge in [-0.1, -0.05) is 164 Å². The maximum atomic E-state index is 6.98. The average molecular weight is 668 g/mol. The largest absolute Gasteiger partial charge is 0.484 e. The van der Waals surface area contributed by atoms with Gasteiger partial charge in [-0.15, -0.1) is 0 Å². The summed E-state index contributed by atoms with van der Waals surface area (Å²) in [6.07, 6.45) is 9.00. The number of fused-ring (bicyclic) bond motifs is 6. The Kier molecular flexibility index (Phi) is 7.46. The van der Waals surface area contributed by atoms with E-state index < -0.39 is 0 Å². The summed E-state index contributed by atoms with van der Waals surface area (Å²) in [6.45, 7) is 0. The number of rotatable bonds is 6. The first kappa shape index (κ1) is 30.4. The Bertz CT molecular complexity index is 2550. The molecule has 7 aromatic rings. The Balaban J connectivity index is 1.19. The highest BCUT2D eigenvalue weighted by Gasteiger charge is 2.42. The zero-order valence-electron chi connectivity index (χ0n) is 28.8. The number of nitrogens with zero attached hydrogens (tertiary/aromatic N) is 1. The molecule has 0 saturated carbocycles. The van der Waals surface area contributed by atoms with Crippen LogP contribution >= 0.6 is 0 Å². The lowest BCUT2D eigenvalue weighted by atomic mass is 9.78. The fraction of sp³-hybridized carbons (Fsp3) is 0.0800. The maximum Gasteiger partial charge on any atom is 0.135 e. The van der Waals surface area contributed by atoms with Crippen molar-refractivity contribution in [2.24, 2.45) is 0 Å². The van der Waals surface area contributed by atoms with Gasteiger partial charge in [-0.05, 0) is 75.9 Å². The van der Waals surface area contributed by atoms with E-state index in [1.54, 1.807) is 0 Å². The van der Waals surface area contributed by atoms with Crippen molar-refractivity contribution in [3.8, 4) is 5.75 Å². The number of para-hydroxylation sites is 1. The zero-order chi connectivity index (χ0) is 34.4. The first-order valence-electron chi connectivity index (χ1n) is 18.3. The zero-order valence-corrected chi connectivity index (χ0v) is 28.8. The van der Waals surface area contributed by atoms with Crippen LogP contribution in [0.1, 0.15) is 58.2 Å². The van der Waals surface area contributed by atoms with E-state index in [0.717, 1.165) is 30.0 Å². The van der Waals surface area contributed by atoms with E-state index in [2.05, 4.69) is 193 Å². The fourth-order valence-electron chi connectivity index (χ4n) is 8.57. The Morgan fingerprint density at radius 3 is 1.92 bits per heavy atom. The molecule has 10 rings (SSSR count). The standard InChI is InChI=1S/C50H37NO/c1-3-15-34(16-4-1)35-29-31-38(32-30-35)40-22-11-12-25-45(40)51(46-26-13-20-36-19-7-8-21-39(36)46)47-27-14-28-48-49(47)44-33-43(37-17-5-2-6-18-37)41-23-9-10-24-42(41)50(44)52-48/h1-29,31,33,44,50H,30,32H2. The van der Waals surface area contributed by atoms with Crippen molar-refractivity contribution in [3.63, 3.8) is 0 Å². The first-order valence-corrected chi connectivity index (χ1v) is 18.3. The second kappa shape index (κ2) is 12.7. The third kappa shape index (κ3) is 5.10. The van der Waals surface area contributed by atoms with Crippen molar-refractivity contribution < 1.29 is 4.74 Å². The van der Waals surface area contributed by atoms with Crippen molar-refractivity contribution in [3.05, 3.63) is 221 Å². The Morgan fingerprint density at radius 1 is 0.481 bits per heavy atom. The second-order valence-corrected chi connectivity index (χ2v) is 13.9. The third-order valence-corrected chi connectivity index (χ3v) is 11.0. The van der Waals surface area contributed by atoms with Gasteiger partial charge in [0.1, 0.15) is 11.9 Å². The minimum Gasteiger partial charge on any atom is -0.484 e. The summed E-state index contributed by atoms with van der Waals surface area (Å²) in [5, 5.41) is 2.43. The lowest BCUT2D eigenvalue weighted by molar-refractivity contribution is 0.223. The Hall–Kier alpha value is -6.38. The molecule has 0 radical (unpaired) electrons. The Labute approximate surface area is 305 Å². The molecule has 0 amide bonds. The molecule has 7 aromatic carbocycles. The van der Waals surface area contributed by atoms with Crippen molar-refractivity contribution in [2.75, 3.05) is 4.90 Å². The highest BCUT2D eigenvalue weighted by atomic mass is 16.5. The number of hydrogen-bond acceptors (Lipinski definition) is 2. The number of ether oxygens (including phenoxy) is 1. The molecular formula is C50H37NO. The lowest BCUT2D eigenvalue weighted by Crippen LogP contribution is -2.18. The van der Waals surface area contributed by atoms with Crippen LogP contribution in [0.15, 0.2) is 188 Å². The van der Waals surface area contributed by atoms with E-state index in [-0.39, 0.29) is 12.0 Å². The molecule has 2 heteroatoms. The molecule has 0 spiro atoms. The smallest absolute Gasteiger partial charge is 0.135 e. The first-order chi connectivity index (χ1) is 25.8. The Morgan fingerprint density at radius 2 is 1.10 bits per heavy atom. The number of allylic oxidation sites excluding steroid dienone is 4. The predicted octanol–water partition coefficient (Wildman–Crippen LogP) is 13.2. The summed E-state index contributed by atoms with van der Waals surface area (Å²) >= 11 is 0. The minimum absolute atomic E-state index is 0.0335. The minimum atomic E-state index is -0.105. The normalized spacial score (nSPS) is 17.2. The summed E-state index contributed by atoms with van der Waals surface area (Å²) in [4.78, 5) is 2.51. The predicted molar refractivity (Wildman–Crippen MR) is 216 cm³/mol. The van der Waals surface area contributed by atoms with Crippen molar-refractivity contribution in [2.45, 2.75) is 24.9 Å². The summed E-state index contributed by atoms with van der Waals surface area (Å²) in [5.41, 5.74) is 14.9. The van der Waals surface area contributed by atoms with Gasteiger partial charge < -0.3 is 9.64 Å². The molecule has 0 saturated heterocycles. The second-order valence-electron chi connectivity index (χ2n) is 13.9. The number of anilines is 3.